The van der Waals surface area contributed by atoms with Crippen LogP contribution in [0.25, 0.3) is 11.2 Å². The molecular weight excluding hydrogens is 757 g/mol. The summed E-state index contributed by atoms with van der Waals surface area (Å²) in [7, 11) is -3.36. The molecule has 3 aromatic rings. The van der Waals surface area contributed by atoms with E-state index in [-0.39, 0.29) is 48.0 Å². The number of pyridine rings is 1. The van der Waals surface area contributed by atoms with Gasteiger partial charge in [0.25, 0.3) is 0 Å². The third kappa shape index (κ3) is 9.37. The Morgan fingerprint density at radius 3 is 2.42 bits per heavy atom. The molecule has 1 aromatic carbocycles. The van der Waals surface area contributed by atoms with E-state index >= 15 is 4.39 Å². The zero-order chi connectivity index (χ0) is 39.1. The van der Waals surface area contributed by atoms with Gasteiger partial charge in [0.1, 0.15) is 48.4 Å². The zero-order valence-electron chi connectivity index (χ0n) is 34.0. The molecule has 5 atom stereocenters. The lowest BCUT2D eigenvalue weighted by atomic mass is 10.1. The topological polar surface area (TPSA) is 101 Å². The number of nitrogens with zero attached hydrogens (tertiary/aromatic N) is 4. The van der Waals surface area contributed by atoms with Gasteiger partial charge >= 0.3 is 6.01 Å². The number of fused-ring (bicyclic) bond motifs is 3. The van der Waals surface area contributed by atoms with E-state index in [1.54, 1.807) is 6.07 Å². The number of rotatable bonds is 15. The molecular formula is C40H61ClFN5O6Si2. The number of piperidine rings is 1. The summed E-state index contributed by atoms with van der Waals surface area (Å²) in [6.07, 6.45) is 4.15. The zero-order valence-corrected chi connectivity index (χ0v) is 36.8. The maximum absolute atomic E-state index is 15.8. The largest absolute Gasteiger partial charge is 0.492 e. The average molecular weight is 819 g/mol. The fourth-order valence-corrected chi connectivity index (χ4v) is 9.99. The number of aryl methyl sites for hydroxylation is 1. The Bertz CT molecular complexity index is 1810. The molecule has 1 aliphatic carbocycles. The number of benzene rings is 1. The normalized spacial score (nSPS) is 24.7. The summed E-state index contributed by atoms with van der Waals surface area (Å²) in [5, 5.41) is 3.93. The SMILES string of the molecule is CC(C)(C)[Si](C)(C)OC1CO[C@H]2[C@@H]1OC[C@H]2Oc1nc2cc(Cl)c(NC3CCc4cc(OCCN5CCCCC5)cc(F)c43)nc2n1COCC[Si](C)(C)C. The second-order valence-corrected chi connectivity index (χ2v) is 29.2. The molecule has 0 spiro atoms. The van der Waals surface area contributed by atoms with E-state index in [9.17, 15) is 0 Å². The molecule has 55 heavy (non-hydrogen) atoms. The third-order valence-corrected chi connectivity index (χ3v) is 18.5. The molecule has 304 valence electrons. The van der Waals surface area contributed by atoms with Gasteiger partial charge in [0.05, 0.1) is 30.4 Å². The number of aromatic nitrogens is 3. The number of ether oxygens (including phenoxy) is 5. The number of halogens is 2. The van der Waals surface area contributed by atoms with Gasteiger partial charge in [0.2, 0.25) is 0 Å². The van der Waals surface area contributed by atoms with E-state index in [1.807, 2.05) is 10.6 Å². The van der Waals surface area contributed by atoms with Crippen molar-refractivity contribution in [3.05, 3.63) is 40.2 Å². The van der Waals surface area contributed by atoms with Crippen molar-refractivity contribution in [2.75, 3.05) is 51.4 Å². The highest BCUT2D eigenvalue weighted by molar-refractivity contribution is 6.76. The third-order valence-electron chi connectivity index (χ3n) is 12.0. The molecule has 7 rings (SSSR count). The van der Waals surface area contributed by atoms with Crippen molar-refractivity contribution in [1.82, 2.24) is 19.4 Å². The molecule has 0 saturated carbocycles. The van der Waals surface area contributed by atoms with Crippen LogP contribution in [0.3, 0.4) is 0 Å². The van der Waals surface area contributed by atoms with E-state index < -0.39 is 16.4 Å². The van der Waals surface area contributed by atoms with E-state index in [4.69, 9.17) is 49.7 Å². The van der Waals surface area contributed by atoms with E-state index in [0.717, 1.165) is 37.7 Å². The lowest BCUT2D eigenvalue weighted by molar-refractivity contribution is 0.00687. The van der Waals surface area contributed by atoms with Crippen LogP contribution in [0.1, 0.15) is 63.6 Å². The Hall–Kier alpha value is -2.31. The summed E-state index contributed by atoms with van der Waals surface area (Å²) in [4.78, 5) is 12.3. The number of nitrogens with one attached hydrogen (secondary N) is 1. The molecule has 2 unspecified atom stereocenters. The molecule has 2 aromatic heterocycles. The van der Waals surface area contributed by atoms with Crippen LogP contribution in [0, 0.1) is 5.82 Å². The molecule has 3 saturated heterocycles. The van der Waals surface area contributed by atoms with Gasteiger partial charge in [0.15, 0.2) is 20.1 Å². The first kappa shape index (κ1) is 40.9. The molecule has 5 heterocycles. The van der Waals surface area contributed by atoms with Crippen molar-refractivity contribution in [3.63, 3.8) is 0 Å². The van der Waals surface area contributed by atoms with Crippen LogP contribution >= 0.6 is 11.6 Å². The molecule has 0 bridgehead atoms. The molecule has 0 amide bonds. The van der Waals surface area contributed by atoms with Crippen LogP contribution in [0.2, 0.25) is 48.8 Å². The van der Waals surface area contributed by atoms with Crippen molar-refractivity contribution in [2.24, 2.45) is 0 Å². The van der Waals surface area contributed by atoms with Crippen LogP contribution in [0.4, 0.5) is 10.2 Å². The van der Waals surface area contributed by atoms with E-state index in [1.165, 1.54) is 25.3 Å². The molecule has 3 fully saturated rings. The maximum Gasteiger partial charge on any atom is 0.301 e. The number of likely N-dealkylation sites (tertiary alicyclic amines) is 1. The first-order valence-corrected chi connectivity index (χ1v) is 27.2. The Morgan fingerprint density at radius 1 is 0.964 bits per heavy atom. The molecule has 0 radical (unpaired) electrons. The quantitative estimate of drug-likeness (QED) is 0.119. The van der Waals surface area contributed by atoms with Crippen LogP contribution in [0.15, 0.2) is 18.2 Å². The van der Waals surface area contributed by atoms with Gasteiger partial charge in [-0.15, -0.1) is 0 Å². The predicted octanol–water partition coefficient (Wildman–Crippen LogP) is 8.44. The van der Waals surface area contributed by atoms with Crippen LogP contribution in [-0.2, 0) is 31.8 Å². The Balaban J connectivity index is 1.08. The van der Waals surface area contributed by atoms with Gasteiger partial charge < -0.3 is 33.4 Å². The van der Waals surface area contributed by atoms with Gasteiger partial charge in [0, 0.05) is 32.9 Å². The number of hydrogen-bond donors (Lipinski definition) is 1. The van der Waals surface area contributed by atoms with Crippen LogP contribution in [-0.4, -0.2) is 106 Å². The lowest BCUT2D eigenvalue weighted by Crippen LogP contribution is -2.47. The van der Waals surface area contributed by atoms with Crippen LogP contribution in [0.5, 0.6) is 11.8 Å². The van der Waals surface area contributed by atoms with Crippen molar-refractivity contribution < 1.29 is 32.5 Å². The predicted molar refractivity (Wildman–Crippen MR) is 219 cm³/mol. The number of anilines is 1. The minimum Gasteiger partial charge on any atom is -0.492 e. The van der Waals surface area contributed by atoms with Crippen molar-refractivity contribution in [3.8, 4) is 11.8 Å². The lowest BCUT2D eigenvalue weighted by Gasteiger charge is -2.39. The highest BCUT2D eigenvalue weighted by Gasteiger charge is 2.52. The standard InChI is InChI=1S/C40H61ClFN5O6Si2/c1-40(2,3)55(7,8)53-33-24-51-35-32(23-50-36(33)35)52-39-44-31-22-28(41)37(45-38(31)47(39)25-48-18-19-54(4,5)6)43-30-13-12-26-20-27(21-29(42)34(26)30)49-17-16-46-14-10-9-11-15-46/h20-22,30,32-33,35-36H,9-19,23-25H2,1-8H3,(H,43,45)/t30?,32-,33?,35-,36-/m1/s1. The minimum absolute atomic E-state index is 0.0713. The van der Waals surface area contributed by atoms with E-state index in [0.29, 0.717) is 72.2 Å². The van der Waals surface area contributed by atoms with Gasteiger partial charge in [-0.2, -0.15) is 4.98 Å². The summed E-state index contributed by atoms with van der Waals surface area (Å²) in [6, 6.07) is 6.36. The van der Waals surface area contributed by atoms with E-state index in [2.05, 4.69) is 63.7 Å². The smallest absolute Gasteiger partial charge is 0.301 e. The van der Waals surface area contributed by atoms with Gasteiger partial charge in [-0.05, 0) is 80.6 Å². The second kappa shape index (κ2) is 16.5. The van der Waals surface area contributed by atoms with Crippen molar-refractivity contribution in [1.29, 1.82) is 0 Å². The summed E-state index contributed by atoms with van der Waals surface area (Å²) in [6.45, 7) is 23.4. The Morgan fingerprint density at radius 2 is 1.69 bits per heavy atom. The average Bonchev–Trinajstić information content (AvgIpc) is 3.88. The van der Waals surface area contributed by atoms with Crippen molar-refractivity contribution >= 4 is 45.0 Å². The number of imidazole rings is 1. The fraction of sp³-hybridized carbons (Fsp3) is 0.700. The van der Waals surface area contributed by atoms with Gasteiger partial charge in [-0.1, -0.05) is 58.4 Å². The minimum atomic E-state index is -2.04. The Labute approximate surface area is 333 Å². The van der Waals surface area contributed by atoms with Crippen LogP contribution < -0.4 is 14.8 Å². The molecule has 4 aliphatic rings. The molecule has 3 aliphatic heterocycles. The summed E-state index contributed by atoms with van der Waals surface area (Å²) in [5.74, 6) is 0.757. The molecule has 15 heteroatoms. The highest BCUT2D eigenvalue weighted by atomic mass is 35.5. The van der Waals surface area contributed by atoms with Gasteiger partial charge in [-0.3, -0.25) is 9.47 Å². The maximum atomic E-state index is 15.8. The Kier molecular flexibility index (Phi) is 12.3. The molecule has 1 N–H and O–H groups in total. The summed E-state index contributed by atoms with van der Waals surface area (Å²) < 4.78 is 55.8. The molecule has 11 nitrogen and oxygen atoms in total. The fourth-order valence-electron chi connectivity index (χ4n) is 7.72. The summed E-state index contributed by atoms with van der Waals surface area (Å²) in [5.41, 5.74) is 2.72. The number of hydrogen-bond acceptors (Lipinski definition) is 10. The van der Waals surface area contributed by atoms with Gasteiger partial charge in [-0.25, -0.2) is 9.37 Å². The monoisotopic (exact) mass is 817 g/mol. The van der Waals surface area contributed by atoms with Crippen molar-refractivity contribution in [2.45, 2.75) is 134 Å². The second-order valence-electron chi connectivity index (χ2n) is 18.5. The summed E-state index contributed by atoms with van der Waals surface area (Å²) >= 11 is 6.87. The first-order valence-electron chi connectivity index (χ1n) is 20.2. The highest BCUT2D eigenvalue weighted by Crippen LogP contribution is 2.42. The first-order chi connectivity index (χ1) is 26.1.